The predicted molar refractivity (Wildman–Crippen MR) is 66.0 cm³/mol. The first kappa shape index (κ1) is 12.8. The van der Waals surface area contributed by atoms with Crippen LogP contribution in [0, 0.1) is 13.8 Å². The van der Waals surface area contributed by atoms with Crippen LogP contribution < -0.4 is 5.32 Å². The lowest BCUT2D eigenvalue weighted by Gasteiger charge is -2.11. The number of nitrogens with one attached hydrogen (secondary N) is 1. The van der Waals surface area contributed by atoms with E-state index in [0.29, 0.717) is 18.0 Å². The van der Waals surface area contributed by atoms with E-state index in [-0.39, 0.29) is 5.97 Å². The fourth-order valence-corrected chi connectivity index (χ4v) is 1.92. The van der Waals surface area contributed by atoms with Gasteiger partial charge in [0.2, 0.25) is 0 Å². The molecule has 0 spiro atoms. The van der Waals surface area contributed by atoms with Gasteiger partial charge in [0.1, 0.15) is 0 Å². The van der Waals surface area contributed by atoms with Crippen molar-refractivity contribution < 1.29 is 9.53 Å². The molecule has 1 N–H and O–H groups in total. The number of ether oxygens (including phenoxy) is 1. The van der Waals surface area contributed by atoms with Crippen molar-refractivity contribution in [3.05, 3.63) is 28.3 Å². The van der Waals surface area contributed by atoms with E-state index in [1.807, 2.05) is 26.0 Å². The number of aryl methyl sites for hydroxylation is 2. The largest absolute Gasteiger partial charge is 0.469 e. The Morgan fingerprint density at radius 3 is 2.69 bits per heavy atom. The molecule has 0 fully saturated rings. The van der Waals surface area contributed by atoms with E-state index in [1.165, 1.54) is 7.11 Å². The molecule has 0 bridgehead atoms. The molecule has 0 aliphatic carbocycles. The number of halogens is 1. The first-order chi connectivity index (χ1) is 7.54. The number of hydrogen-bond donors (Lipinski definition) is 1. The van der Waals surface area contributed by atoms with Gasteiger partial charge in [0.05, 0.1) is 24.2 Å². The molecule has 0 saturated carbocycles. The van der Waals surface area contributed by atoms with Crippen LogP contribution in [0.1, 0.15) is 17.5 Å². The first-order valence-corrected chi connectivity index (χ1v) is 5.50. The highest BCUT2D eigenvalue weighted by Crippen LogP contribution is 2.27. The molecule has 0 radical (unpaired) electrons. The summed E-state index contributed by atoms with van der Waals surface area (Å²) in [4.78, 5) is 10.9. The van der Waals surface area contributed by atoms with Crippen molar-refractivity contribution in [1.82, 2.24) is 0 Å². The SMILES string of the molecule is COC(=O)CCNc1c(C)cc(C)cc1Cl. The minimum absolute atomic E-state index is 0.228. The Labute approximate surface area is 101 Å². The highest BCUT2D eigenvalue weighted by molar-refractivity contribution is 6.33. The maximum atomic E-state index is 10.9. The van der Waals surface area contributed by atoms with Crippen molar-refractivity contribution in [3.63, 3.8) is 0 Å². The van der Waals surface area contributed by atoms with E-state index in [4.69, 9.17) is 11.6 Å². The van der Waals surface area contributed by atoms with E-state index in [9.17, 15) is 4.79 Å². The second kappa shape index (κ2) is 5.75. The summed E-state index contributed by atoms with van der Waals surface area (Å²) in [7, 11) is 1.38. The van der Waals surface area contributed by atoms with Gasteiger partial charge in [-0.1, -0.05) is 17.7 Å². The zero-order valence-corrected chi connectivity index (χ0v) is 10.5. The minimum atomic E-state index is -0.228. The Morgan fingerprint density at radius 1 is 1.44 bits per heavy atom. The highest BCUT2D eigenvalue weighted by Gasteiger charge is 2.06. The summed E-state index contributed by atoms with van der Waals surface area (Å²) in [5, 5.41) is 3.82. The van der Waals surface area contributed by atoms with Crippen LogP contribution >= 0.6 is 11.6 Å². The molecule has 0 aliphatic rings. The number of anilines is 1. The van der Waals surface area contributed by atoms with Gasteiger partial charge in [-0.25, -0.2) is 0 Å². The molecular weight excluding hydrogens is 226 g/mol. The normalized spacial score (nSPS) is 10.0. The lowest BCUT2D eigenvalue weighted by Crippen LogP contribution is -2.10. The second-order valence-corrected chi connectivity index (χ2v) is 4.10. The summed E-state index contributed by atoms with van der Waals surface area (Å²) in [5.74, 6) is -0.228. The van der Waals surface area contributed by atoms with Crippen molar-refractivity contribution in [2.45, 2.75) is 20.3 Å². The van der Waals surface area contributed by atoms with Crippen LogP contribution in [0.3, 0.4) is 0 Å². The molecule has 0 saturated heterocycles. The standard InChI is InChI=1S/C12H16ClNO2/c1-8-6-9(2)12(10(13)7-8)14-5-4-11(15)16-3/h6-7,14H,4-5H2,1-3H3. The quantitative estimate of drug-likeness (QED) is 0.824. The average Bonchev–Trinajstić information content (AvgIpc) is 2.21. The van der Waals surface area contributed by atoms with E-state index >= 15 is 0 Å². The van der Waals surface area contributed by atoms with Crippen molar-refractivity contribution in [2.75, 3.05) is 19.0 Å². The molecule has 88 valence electrons. The molecule has 16 heavy (non-hydrogen) atoms. The van der Waals surface area contributed by atoms with Crippen LogP contribution in [0.15, 0.2) is 12.1 Å². The molecule has 0 amide bonds. The van der Waals surface area contributed by atoms with E-state index in [2.05, 4.69) is 10.1 Å². The molecule has 3 nitrogen and oxygen atoms in total. The van der Waals surface area contributed by atoms with E-state index in [1.54, 1.807) is 0 Å². The smallest absolute Gasteiger partial charge is 0.307 e. The maximum Gasteiger partial charge on any atom is 0.307 e. The van der Waals surface area contributed by atoms with Crippen LogP contribution in [-0.4, -0.2) is 19.6 Å². The summed E-state index contributed by atoms with van der Waals surface area (Å²) in [6, 6.07) is 3.95. The van der Waals surface area contributed by atoms with Gasteiger partial charge in [0.15, 0.2) is 0 Å². The van der Waals surface area contributed by atoms with Crippen molar-refractivity contribution >= 4 is 23.3 Å². The third kappa shape index (κ3) is 3.42. The number of carbonyl (C=O) groups is 1. The molecule has 0 unspecified atom stereocenters. The number of benzene rings is 1. The molecule has 0 aromatic heterocycles. The van der Waals surface area contributed by atoms with Gasteiger partial charge >= 0.3 is 5.97 Å². The number of methoxy groups -OCH3 is 1. The average molecular weight is 242 g/mol. The summed E-state index contributed by atoms with van der Waals surface area (Å²) in [6.07, 6.45) is 0.333. The molecule has 0 atom stereocenters. The third-order valence-corrected chi connectivity index (χ3v) is 2.59. The van der Waals surface area contributed by atoms with Crippen LogP contribution in [0.5, 0.6) is 0 Å². The zero-order chi connectivity index (χ0) is 12.1. The van der Waals surface area contributed by atoms with Crippen molar-refractivity contribution in [2.24, 2.45) is 0 Å². The highest BCUT2D eigenvalue weighted by atomic mass is 35.5. The number of rotatable bonds is 4. The fourth-order valence-electron chi connectivity index (χ4n) is 1.53. The third-order valence-electron chi connectivity index (χ3n) is 2.29. The van der Waals surface area contributed by atoms with Gasteiger partial charge in [-0.15, -0.1) is 0 Å². The Kier molecular flexibility index (Phi) is 4.62. The molecule has 4 heteroatoms. The van der Waals surface area contributed by atoms with Gasteiger partial charge in [-0.2, -0.15) is 0 Å². The van der Waals surface area contributed by atoms with Gasteiger partial charge in [-0.3, -0.25) is 4.79 Å². The van der Waals surface area contributed by atoms with Gasteiger partial charge in [0, 0.05) is 6.54 Å². The molecule has 1 aromatic carbocycles. The Balaban J connectivity index is 2.64. The Hall–Kier alpha value is -1.22. The van der Waals surface area contributed by atoms with Crippen LogP contribution in [0.2, 0.25) is 5.02 Å². The van der Waals surface area contributed by atoms with Gasteiger partial charge in [0.25, 0.3) is 0 Å². The molecule has 0 aliphatic heterocycles. The topological polar surface area (TPSA) is 38.3 Å². The first-order valence-electron chi connectivity index (χ1n) is 5.12. The predicted octanol–water partition coefficient (Wildman–Crippen LogP) is 2.93. The number of hydrogen-bond acceptors (Lipinski definition) is 3. The van der Waals surface area contributed by atoms with Crippen LogP contribution in [0.4, 0.5) is 5.69 Å². The number of esters is 1. The summed E-state index contributed by atoms with van der Waals surface area (Å²) >= 11 is 6.11. The van der Waals surface area contributed by atoms with Crippen molar-refractivity contribution in [3.8, 4) is 0 Å². The minimum Gasteiger partial charge on any atom is -0.469 e. The molecular formula is C12H16ClNO2. The monoisotopic (exact) mass is 241 g/mol. The number of carbonyl (C=O) groups excluding carboxylic acids is 1. The summed E-state index contributed by atoms with van der Waals surface area (Å²) in [6.45, 7) is 4.51. The lowest BCUT2D eigenvalue weighted by molar-refractivity contribution is -0.140. The fraction of sp³-hybridized carbons (Fsp3) is 0.417. The van der Waals surface area contributed by atoms with E-state index in [0.717, 1.165) is 16.8 Å². The lowest BCUT2D eigenvalue weighted by atomic mass is 10.1. The Bertz CT molecular complexity index is 368. The van der Waals surface area contributed by atoms with Crippen molar-refractivity contribution in [1.29, 1.82) is 0 Å². The second-order valence-electron chi connectivity index (χ2n) is 3.69. The van der Waals surface area contributed by atoms with Crippen LogP contribution in [-0.2, 0) is 9.53 Å². The molecule has 1 rings (SSSR count). The Morgan fingerprint density at radius 2 is 2.12 bits per heavy atom. The molecule has 1 aromatic rings. The zero-order valence-electron chi connectivity index (χ0n) is 9.76. The van der Waals surface area contributed by atoms with Crippen LogP contribution in [0.25, 0.3) is 0 Å². The molecule has 0 heterocycles. The van der Waals surface area contributed by atoms with Gasteiger partial charge < -0.3 is 10.1 Å². The van der Waals surface area contributed by atoms with Gasteiger partial charge in [-0.05, 0) is 31.0 Å². The summed E-state index contributed by atoms with van der Waals surface area (Å²) < 4.78 is 4.56. The maximum absolute atomic E-state index is 10.9. The summed E-state index contributed by atoms with van der Waals surface area (Å²) in [5.41, 5.74) is 3.09. The van der Waals surface area contributed by atoms with E-state index < -0.39 is 0 Å².